The first-order valence-electron chi connectivity index (χ1n) is 9.67. The third-order valence-electron chi connectivity index (χ3n) is 5.60. The van der Waals surface area contributed by atoms with Gasteiger partial charge < -0.3 is 9.88 Å². The SMILES string of the molecule is Cc1nc2ccccc2c2c1nc(-c1nccs1)n2CCC1CCNCC1. The van der Waals surface area contributed by atoms with Crippen LogP contribution in [0.1, 0.15) is 25.0 Å². The van der Waals surface area contributed by atoms with Crippen molar-refractivity contribution < 1.29 is 0 Å². The zero-order valence-electron chi connectivity index (χ0n) is 15.5. The van der Waals surface area contributed by atoms with E-state index in [4.69, 9.17) is 9.97 Å². The molecule has 4 heterocycles. The summed E-state index contributed by atoms with van der Waals surface area (Å²) in [4.78, 5) is 14.3. The number of hydrogen-bond acceptors (Lipinski definition) is 5. The zero-order chi connectivity index (χ0) is 18.2. The number of para-hydroxylation sites is 1. The predicted molar refractivity (Wildman–Crippen MR) is 111 cm³/mol. The van der Waals surface area contributed by atoms with Crippen LogP contribution < -0.4 is 5.32 Å². The van der Waals surface area contributed by atoms with E-state index < -0.39 is 0 Å². The van der Waals surface area contributed by atoms with Crippen LogP contribution in [0.15, 0.2) is 35.8 Å². The third kappa shape index (κ3) is 3.03. The van der Waals surface area contributed by atoms with Gasteiger partial charge in [-0.15, -0.1) is 11.3 Å². The number of aromatic nitrogens is 4. The van der Waals surface area contributed by atoms with Gasteiger partial charge in [0.2, 0.25) is 0 Å². The van der Waals surface area contributed by atoms with Crippen molar-refractivity contribution in [3.8, 4) is 10.8 Å². The van der Waals surface area contributed by atoms with E-state index in [9.17, 15) is 0 Å². The fourth-order valence-electron chi connectivity index (χ4n) is 4.18. The molecule has 0 spiro atoms. The molecule has 5 nitrogen and oxygen atoms in total. The lowest BCUT2D eigenvalue weighted by Gasteiger charge is -2.23. The fourth-order valence-corrected chi connectivity index (χ4v) is 4.81. The van der Waals surface area contributed by atoms with Crippen LogP contribution in [0.4, 0.5) is 0 Å². The van der Waals surface area contributed by atoms with Crippen molar-refractivity contribution in [2.45, 2.75) is 32.7 Å². The summed E-state index contributed by atoms with van der Waals surface area (Å²) in [6, 6.07) is 8.40. The molecule has 0 radical (unpaired) electrons. The van der Waals surface area contributed by atoms with E-state index in [1.165, 1.54) is 30.2 Å². The van der Waals surface area contributed by atoms with Gasteiger partial charge >= 0.3 is 0 Å². The molecule has 0 unspecified atom stereocenters. The van der Waals surface area contributed by atoms with Crippen molar-refractivity contribution in [2.24, 2.45) is 5.92 Å². The topological polar surface area (TPSA) is 55.6 Å². The normalized spacial score (nSPS) is 15.7. The highest BCUT2D eigenvalue weighted by atomic mass is 32.1. The van der Waals surface area contributed by atoms with Crippen molar-refractivity contribution in [3.63, 3.8) is 0 Å². The molecule has 3 aromatic heterocycles. The molecule has 6 heteroatoms. The average molecular weight is 378 g/mol. The van der Waals surface area contributed by atoms with Crippen LogP contribution >= 0.6 is 11.3 Å². The Morgan fingerprint density at radius 3 is 2.85 bits per heavy atom. The highest BCUT2D eigenvalue weighted by Crippen LogP contribution is 2.33. The Hall–Kier alpha value is -2.31. The molecule has 1 N–H and O–H groups in total. The Morgan fingerprint density at radius 1 is 1.19 bits per heavy atom. The van der Waals surface area contributed by atoms with E-state index >= 15 is 0 Å². The summed E-state index contributed by atoms with van der Waals surface area (Å²) in [6.45, 7) is 5.31. The first-order chi connectivity index (χ1) is 13.3. The van der Waals surface area contributed by atoms with Gasteiger partial charge in [0.05, 0.1) is 16.7 Å². The second kappa shape index (κ2) is 7.02. The summed E-state index contributed by atoms with van der Waals surface area (Å²) in [7, 11) is 0. The molecule has 0 amide bonds. The van der Waals surface area contributed by atoms with Crippen LogP contribution in [-0.4, -0.2) is 32.6 Å². The maximum Gasteiger partial charge on any atom is 0.170 e. The van der Waals surface area contributed by atoms with Crippen molar-refractivity contribution >= 4 is 33.3 Å². The number of nitrogens with one attached hydrogen (secondary N) is 1. The second-order valence-corrected chi connectivity index (χ2v) is 8.21. The van der Waals surface area contributed by atoms with E-state index in [0.29, 0.717) is 0 Å². The summed E-state index contributed by atoms with van der Waals surface area (Å²) in [5.74, 6) is 1.76. The van der Waals surface area contributed by atoms with Gasteiger partial charge in [-0.25, -0.2) is 9.97 Å². The summed E-state index contributed by atoms with van der Waals surface area (Å²) in [6.07, 6.45) is 5.57. The van der Waals surface area contributed by atoms with Crippen LogP contribution in [0.2, 0.25) is 0 Å². The van der Waals surface area contributed by atoms with E-state index in [1.54, 1.807) is 11.3 Å². The van der Waals surface area contributed by atoms with Gasteiger partial charge in [-0.05, 0) is 51.3 Å². The number of piperidine rings is 1. The number of nitrogens with zero attached hydrogens (tertiary/aromatic N) is 4. The minimum Gasteiger partial charge on any atom is -0.321 e. The third-order valence-corrected chi connectivity index (χ3v) is 6.37. The Labute approximate surface area is 162 Å². The molecule has 1 aliphatic heterocycles. The molecular formula is C21H23N5S. The monoisotopic (exact) mass is 377 g/mol. The van der Waals surface area contributed by atoms with Crippen LogP contribution in [0, 0.1) is 12.8 Å². The lowest BCUT2D eigenvalue weighted by molar-refractivity contribution is 0.340. The molecule has 5 rings (SSSR count). The van der Waals surface area contributed by atoms with E-state index in [2.05, 4.69) is 46.1 Å². The van der Waals surface area contributed by atoms with Gasteiger partial charge in [0, 0.05) is 23.5 Å². The number of imidazole rings is 1. The largest absolute Gasteiger partial charge is 0.321 e. The second-order valence-electron chi connectivity index (χ2n) is 7.32. The van der Waals surface area contributed by atoms with Gasteiger partial charge in [-0.3, -0.25) is 4.98 Å². The Morgan fingerprint density at radius 2 is 2.04 bits per heavy atom. The summed E-state index contributed by atoms with van der Waals surface area (Å²) < 4.78 is 2.40. The lowest BCUT2D eigenvalue weighted by Crippen LogP contribution is -2.28. The molecule has 0 atom stereocenters. The number of pyridine rings is 1. The molecule has 1 saturated heterocycles. The van der Waals surface area contributed by atoms with Gasteiger partial charge in [0.25, 0.3) is 0 Å². The number of thiazole rings is 1. The Bertz CT molecular complexity index is 1080. The molecular weight excluding hydrogens is 354 g/mol. The van der Waals surface area contributed by atoms with E-state index in [1.807, 2.05) is 11.6 Å². The average Bonchev–Trinajstić information content (AvgIpc) is 3.35. The van der Waals surface area contributed by atoms with E-state index in [0.717, 1.165) is 53.1 Å². The number of benzene rings is 1. The van der Waals surface area contributed by atoms with Crippen LogP contribution in [0.5, 0.6) is 0 Å². The maximum atomic E-state index is 5.00. The summed E-state index contributed by atoms with van der Waals surface area (Å²) >= 11 is 1.65. The van der Waals surface area contributed by atoms with E-state index in [-0.39, 0.29) is 0 Å². The molecule has 1 fully saturated rings. The predicted octanol–water partition coefficient (Wildman–Crippen LogP) is 4.41. The Balaban J connectivity index is 1.68. The molecule has 27 heavy (non-hydrogen) atoms. The number of fused-ring (bicyclic) bond motifs is 3. The molecule has 1 aromatic carbocycles. The molecule has 138 valence electrons. The van der Waals surface area contributed by atoms with Crippen molar-refractivity contribution in [3.05, 3.63) is 41.5 Å². The molecule has 0 bridgehead atoms. The zero-order valence-corrected chi connectivity index (χ0v) is 16.3. The first kappa shape index (κ1) is 16.8. The highest BCUT2D eigenvalue weighted by Gasteiger charge is 2.21. The van der Waals surface area contributed by atoms with Crippen LogP contribution in [0.3, 0.4) is 0 Å². The standard InChI is InChI=1S/C21H23N5S/c1-14-18-19(16-4-2-3-5-17(16)24-14)26(12-8-15-6-9-22-10-7-15)20(25-18)21-23-11-13-27-21/h2-5,11,13,15,22H,6-10,12H2,1H3. The lowest BCUT2D eigenvalue weighted by atomic mass is 9.94. The molecule has 0 aliphatic carbocycles. The van der Waals surface area contributed by atoms with Gasteiger partial charge in [0.1, 0.15) is 5.52 Å². The quantitative estimate of drug-likeness (QED) is 0.572. The summed E-state index contributed by atoms with van der Waals surface area (Å²) in [5, 5.41) is 7.66. The van der Waals surface area contributed by atoms with Gasteiger partial charge in [-0.2, -0.15) is 0 Å². The maximum absolute atomic E-state index is 5.00. The van der Waals surface area contributed by atoms with Crippen LogP contribution in [-0.2, 0) is 6.54 Å². The first-order valence-corrected chi connectivity index (χ1v) is 10.6. The number of aryl methyl sites for hydroxylation is 2. The van der Waals surface area contributed by atoms with Gasteiger partial charge in [-0.1, -0.05) is 18.2 Å². The smallest absolute Gasteiger partial charge is 0.170 e. The minimum atomic E-state index is 0.780. The number of rotatable bonds is 4. The van der Waals surface area contributed by atoms with Gasteiger partial charge in [0.15, 0.2) is 10.8 Å². The Kier molecular flexibility index (Phi) is 4.38. The molecule has 4 aromatic rings. The molecule has 0 saturated carbocycles. The number of hydrogen-bond donors (Lipinski definition) is 1. The van der Waals surface area contributed by atoms with Crippen molar-refractivity contribution in [2.75, 3.05) is 13.1 Å². The van der Waals surface area contributed by atoms with Crippen molar-refractivity contribution in [1.82, 2.24) is 24.8 Å². The summed E-state index contributed by atoms with van der Waals surface area (Å²) in [5.41, 5.74) is 4.24. The minimum absolute atomic E-state index is 0.780. The molecule has 1 aliphatic rings. The van der Waals surface area contributed by atoms with Crippen molar-refractivity contribution in [1.29, 1.82) is 0 Å². The fraction of sp³-hybridized carbons (Fsp3) is 0.381. The highest BCUT2D eigenvalue weighted by molar-refractivity contribution is 7.13. The van der Waals surface area contributed by atoms with Crippen LogP contribution in [0.25, 0.3) is 32.8 Å².